The van der Waals surface area contributed by atoms with Gasteiger partial charge in [0.05, 0.1) is 18.2 Å². The minimum absolute atomic E-state index is 0.773. The van der Waals surface area contributed by atoms with E-state index < -0.39 is 0 Å². The number of rotatable bonds is 6. The monoisotopic (exact) mass is 268 g/mol. The van der Waals surface area contributed by atoms with Crippen molar-refractivity contribution in [1.29, 1.82) is 0 Å². The highest BCUT2D eigenvalue weighted by molar-refractivity contribution is 5.61. The zero-order valence-electron chi connectivity index (χ0n) is 11.0. The van der Waals surface area contributed by atoms with Crippen LogP contribution in [0.4, 0.5) is 0 Å². The average molecular weight is 268 g/mol. The highest BCUT2D eigenvalue weighted by atomic mass is 15.1. The Kier molecular flexibility index (Phi) is 3.84. The molecule has 0 amide bonds. The van der Waals surface area contributed by atoms with Gasteiger partial charge in [-0.25, -0.2) is 4.98 Å². The molecule has 6 heteroatoms. The Balaban J connectivity index is 1.57. The van der Waals surface area contributed by atoms with E-state index in [-0.39, 0.29) is 0 Å². The molecule has 3 aromatic heterocycles. The lowest BCUT2D eigenvalue weighted by atomic mass is 10.1. The molecule has 0 aromatic carbocycles. The molecule has 0 fully saturated rings. The van der Waals surface area contributed by atoms with Gasteiger partial charge in [0.1, 0.15) is 0 Å². The largest absolute Gasteiger partial charge is 0.348 e. The van der Waals surface area contributed by atoms with Gasteiger partial charge in [-0.2, -0.15) is 5.10 Å². The minimum atomic E-state index is 0.773. The molecule has 0 aliphatic heterocycles. The van der Waals surface area contributed by atoms with Gasteiger partial charge in [0.2, 0.25) is 0 Å². The van der Waals surface area contributed by atoms with Crippen LogP contribution in [-0.4, -0.2) is 31.7 Å². The highest BCUT2D eigenvalue weighted by Gasteiger charge is 2.07. The summed E-state index contributed by atoms with van der Waals surface area (Å²) >= 11 is 0. The molecular formula is C14H16N6. The molecule has 6 nitrogen and oxygen atoms in total. The number of hydrogen-bond donors (Lipinski definition) is 3. The lowest BCUT2D eigenvalue weighted by Gasteiger charge is -2.05. The van der Waals surface area contributed by atoms with E-state index in [1.165, 1.54) is 0 Å². The van der Waals surface area contributed by atoms with E-state index in [1.807, 2.05) is 30.7 Å². The van der Waals surface area contributed by atoms with Gasteiger partial charge < -0.3 is 10.3 Å². The van der Waals surface area contributed by atoms with Crippen LogP contribution >= 0.6 is 0 Å². The summed E-state index contributed by atoms with van der Waals surface area (Å²) in [6.07, 6.45) is 9.93. The van der Waals surface area contributed by atoms with Crippen LogP contribution in [0, 0.1) is 0 Å². The molecular weight excluding hydrogens is 252 g/mol. The van der Waals surface area contributed by atoms with Crippen molar-refractivity contribution in [3.05, 3.63) is 54.5 Å². The first-order valence-corrected chi connectivity index (χ1v) is 6.54. The SMILES string of the molecule is c1cncc(-c2[nH]ncc2CNCCc2cnc[nH]2)c1. The number of imidazole rings is 1. The van der Waals surface area contributed by atoms with Gasteiger partial charge in [-0.15, -0.1) is 0 Å². The van der Waals surface area contributed by atoms with Crippen molar-refractivity contribution in [2.75, 3.05) is 6.54 Å². The van der Waals surface area contributed by atoms with Crippen LogP contribution in [-0.2, 0) is 13.0 Å². The lowest BCUT2D eigenvalue weighted by molar-refractivity contribution is 0.682. The van der Waals surface area contributed by atoms with Crippen molar-refractivity contribution in [2.24, 2.45) is 0 Å². The third-order valence-electron chi connectivity index (χ3n) is 3.11. The quantitative estimate of drug-likeness (QED) is 0.592. The van der Waals surface area contributed by atoms with Gasteiger partial charge in [0.25, 0.3) is 0 Å². The molecule has 102 valence electrons. The maximum Gasteiger partial charge on any atom is 0.0921 e. The average Bonchev–Trinajstić information content (AvgIpc) is 3.16. The van der Waals surface area contributed by atoms with Crippen LogP contribution in [0.15, 0.2) is 43.2 Å². The second kappa shape index (κ2) is 6.12. The summed E-state index contributed by atoms with van der Waals surface area (Å²) in [5.74, 6) is 0. The van der Waals surface area contributed by atoms with Crippen molar-refractivity contribution in [3.8, 4) is 11.3 Å². The molecule has 0 bridgehead atoms. The summed E-state index contributed by atoms with van der Waals surface area (Å²) in [5.41, 5.74) is 4.35. The molecule has 0 aliphatic rings. The third kappa shape index (κ3) is 2.92. The van der Waals surface area contributed by atoms with Gasteiger partial charge in [-0.1, -0.05) is 0 Å². The van der Waals surface area contributed by atoms with Crippen LogP contribution in [0.2, 0.25) is 0 Å². The molecule has 0 unspecified atom stereocenters. The number of nitrogens with one attached hydrogen (secondary N) is 3. The first-order chi connectivity index (χ1) is 9.93. The predicted octanol–water partition coefficient (Wildman–Crippen LogP) is 1.53. The maximum atomic E-state index is 4.13. The van der Waals surface area contributed by atoms with Crippen molar-refractivity contribution >= 4 is 0 Å². The number of aromatic amines is 2. The van der Waals surface area contributed by atoms with Crippen LogP contribution in [0.25, 0.3) is 11.3 Å². The topological polar surface area (TPSA) is 82.3 Å². The Morgan fingerprint density at radius 1 is 1.15 bits per heavy atom. The first kappa shape index (κ1) is 12.6. The minimum Gasteiger partial charge on any atom is -0.348 e. The second-order valence-electron chi connectivity index (χ2n) is 4.52. The fourth-order valence-electron chi connectivity index (χ4n) is 2.07. The molecule has 0 aliphatic carbocycles. The molecule has 3 rings (SSSR count). The van der Waals surface area contributed by atoms with Crippen LogP contribution in [0.5, 0.6) is 0 Å². The predicted molar refractivity (Wildman–Crippen MR) is 75.8 cm³/mol. The number of nitrogens with zero attached hydrogens (tertiary/aromatic N) is 3. The maximum absolute atomic E-state index is 4.13. The molecule has 0 atom stereocenters. The molecule has 3 aromatic rings. The lowest BCUT2D eigenvalue weighted by Crippen LogP contribution is -2.16. The Morgan fingerprint density at radius 3 is 2.95 bits per heavy atom. The Hall–Kier alpha value is -2.47. The van der Waals surface area contributed by atoms with Gasteiger partial charge >= 0.3 is 0 Å². The first-order valence-electron chi connectivity index (χ1n) is 6.54. The third-order valence-corrected chi connectivity index (χ3v) is 3.11. The van der Waals surface area contributed by atoms with E-state index in [1.54, 1.807) is 12.5 Å². The molecule has 0 saturated carbocycles. The Morgan fingerprint density at radius 2 is 2.15 bits per heavy atom. The van der Waals surface area contributed by atoms with Crippen molar-refractivity contribution in [1.82, 2.24) is 30.5 Å². The summed E-state index contributed by atoms with van der Waals surface area (Å²) in [4.78, 5) is 11.2. The molecule has 20 heavy (non-hydrogen) atoms. The van der Waals surface area contributed by atoms with Gasteiger partial charge in [-0.05, 0) is 12.1 Å². The van der Waals surface area contributed by atoms with Gasteiger partial charge in [0, 0.05) is 54.9 Å². The van der Waals surface area contributed by atoms with Crippen LogP contribution in [0.3, 0.4) is 0 Å². The van der Waals surface area contributed by atoms with Crippen LogP contribution < -0.4 is 5.32 Å². The highest BCUT2D eigenvalue weighted by Crippen LogP contribution is 2.19. The smallest absolute Gasteiger partial charge is 0.0921 e. The summed E-state index contributed by atoms with van der Waals surface area (Å²) in [6.45, 7) is 1.66. The number of hydrogen-bond acceptors (Lipinski definition) is 4. The summed E-state index contributed by atoms with van der Waals surface area (Å²) in [7, 11) is 0. The summed E-state index contributed by atoms with van der Waals surface area (Å²) in [6, 6.07) is 3.94. The standard InChI is InChI=1S/C14H16N6/c1-2-11(6-15-4-1)14-12(8-19-20-14)7-16-5-3-13-9-17-10-18-13/h1-2,4,6,8-10,16H,3,5,7H2,(H,17,18)(H,19,20). The van der Waals surface area contributed by atoms with E-state index in [0.717, 1.165) is 42.0 Å². The van der Waals surface area contributed by atoms with E-state index in [4.69, 9.17) is 0 Å². The molecule has 3 N–H and O–H groups in total. The zero-order valence-corrected chi connectivity index (χ0v) is 11.0. The van der Waals surface area contributed by atoms with Crippen LogP contribution in [0.1, 0.15) is 11.3 Å². The fraction of sp³-hybridized carbons (Fsp3) is 0.214. The second-order valence-corrected chi connectivity index (χ2v) is 4.52. The fourth-order valence-corrected chi connectivity index (χ4v) is 2.07. The van der Waals surface area contributed by atoms with E-state index in [9.17, 15) is 0 Å². The molecule has 0 saturated heterocycles. The van der Waals surface area contributed by atoms with Crippen molar-refractivity contribution in [3.63, 3.8) is 0 Å². The zero-order chi connectivity index (χ0) is 13.6. The van der Waals surface area contributed by atoms with Crippen molar-refractivity contribution < 1.29 is 0 Å². The summed E-state index contributed by atoms with van der Waals surface area (Å²) in [5, 5.41) is 10.6. The summed E-state index contributed by atoms with van der Waals surface area (Å²) < 4.78 is 0. The van der Waals surface area contributed by atoms with E-state index >= 15 is 0 Å². The van der Waals surface area contributed by atoms with Crippen molar-refractivity contribution in [2.45, 2.75) is 13.0 Å². The molecule has 0 spiro atoms. The molecule has 3 heterocycles. The van der Waals surface area contributed by atoms with Gasteiger partial charge in [0.15, 0.2) is 0 Å². The normalized spacial score (nSPS) is 10.8. The van der Waals surface area contributed by atoms with Gasteiger partial charge in [-0.3, -0.25) is 10.1 Å². The number of aromatic nitrogens is 5. The van der Waals surface area contributed by atoms with E-state index in [2.05, 4.69) is 30.5 Å². The van der Waals surface area contributed by atoms with E-state index in [0.29, 0.717) is 0 Å². The Labute approximate surface area is 116 Å². The number of H-pyrrole nitrogens is 2. The number of pyridine rings is 1. The Bertz CT molecular complexity index is 629. The molecule has 0 radical (unpaired) electrons.